The van der Waals surface area contributed by atoms with Crippen LogP contribution >= 0.6 is 22.6 Å². The van der Waals surface area contributed by atoms with Crippen LogP contribution in [0.2, 0.25) is 0 Å². The molecule has 0 amide bonds. The Morgan fingerprint density at radius 3 is 2.25 bits per heavy atom. The van der Waals surface area contributed by atoms with E-state index in [1.807, 2.05) is 0 Å². The molecule has 1 unspecified atom stereocenters. The summed E-state index contributed by atoms with van der Waals surface area (Å²) in [5, 5.41) is 0. The van der Waals surface area contributed by atoms with Gasteiger partial charge < -0.3 is 0 Å². The summed E-state index contributed by atoms with van der Waals surface area (Å²) in [5.41, 5.74) is 0.889. The predicted molar refractivity (Wildman–Crippen MR) is 43.3 cm³/mol. The Labute approximate surface area is 64.2 Å². The Morgan fingerprint density at radius 1 is 1.25 bits per heavy atom. The summed E-state index contributed by atoms with van der Waals surface area (Å²) in [7, 11) is 0. The van der Waals surface area contributed by atoms with E-state index in [0.717, 1.165) is 9.34 Å². The molecule has 1 atom stereocenters. The fourth-order valence-corrected chi connectivity index (χ4v) is 3.19. The van der Waals surface area contributed by atoms with Crippen LogP contribution in [-0.2, 0) is 0 Å². The Hall–Kier alpha value is 0.730. The molecule has 0 nitrogen and oxygen atoms in total. The molecule has 8 heavy (non-hydrogen) atoms. The van der Waals surface area contributed by atoms with E-state index in [0.29, 0.717) is 0 Å². The molecule has 2 saturated carbocycles. The minimum Gasteiger partial charge on any atom is -0.0820 e. The van der Waals surface area contributed by atoms with Crippen LogP contribution in [-0.4, -0.2) is 3.92 Å². The first-order valence-corrected chi connectivity index (χ1v) is 4.72. The second-order valence-electron chi connectivity index (χ2n) is 3.22. The molecule has 2 aliphatic rings. The van der Waals surface area contributed by atoms with Crippen molar-refractivity contribution in [3.8, 4) is 0 Å². The van der Waals surface area contributed by atoms with Crippen LogP contribution in [0.15, 0.2) is 0 Å². The predicted octanol–water partition coefficient (Wildman–Crippen LogP) is 2.75. The molecule has 0 aromatic heterocycles. The lowest BCUT2D eigenvalue weighted by molar-refractivity contribution is 0.560. The molecule has 0 aromatic carbocycles. The Balaban J connectivity index is 2.12. The number of halogens is 1. The van der Waals surface area contributed by atoms with Crippen molar-refractivity contribution in [3.05, 3.63) is 0 Å². The first kappa shape index (κ1) is 5.51. The van der Waals surface area contributed by atoms with E-state index in [4.69, 9.17) is 0 Å². The van der Waals surface area contributed by atoms with Crippen LogP contribution in [0.5, 0.6) is 0 Å². The molecule has 0 heterocycles. The highest BCUT2D eigenvalue weighted by atomic mass is 127. The molecule has 0 N–H and O–H groups in total. The quantitative estimate of drug-likeness (QED) is 0.436. The molecular weight excluding hydrogens is 211 g/mol. The van der Waals surface area contributed by atoms with E-state index in [2.05, 4.69) is 22.6 Å². The van der Waals surface area contributed by atoms with Crippen LogP contribution < -0.4 is 0 Å². The van der Waals surface area contributed by atoms with Crippen molar-refractivity contribution in [1.29, 1.82) is 0 Å². The first-order chi connectivity index (χ1) is 3.83. The normalized spacial score (nSPS) is 40.9. The van der Waals surface area contributed by atoms with Gasteiger partial charge in [-0.1, -0.05) is 29.0 Å². The standard InChI is InChI=1S/C7H11I/c8-6-2-1-3-7(6)4-5-7/h6H,1-5H2. The zero-order valence-electron chi connectivity index (χ0n) is 4.99. The maximum Gasteiger partial charge on any atom is 0.0166 e. The van der Waals surface area contributed by atoms with Gasteiger partial charge in [0.2, 0.25) is 0 Å². The van der Waals surface area contributed by atoms with Gasteiger partial charge in [0.25, 0.3) is 0 Å². The van der Waals surface area contributed by atoms with Gasteiger partial charge in [-0.15, -0.1) is 0 Å². The maximum atomic E-state index is 2.64. The third kappa shape index (κ3) is 0.630. The first-order valence-electron chi connectivity index (χ1n) is 3.48. The molecule has 2 aliphatic carbocycles. The Kier molecular flexibility index (Phi) is 1.11. The largest absolute Gasteiger partial charge is 0.0820 e. The van der Waals surface area contributed by atoms with Crippen molar-refractivity contribution in [3.63, 3.8) is 0 Å². The van der Waals surface area contributed by atoms with E-state index in [1.165, 1.54) is 12.8 Å². The fourth-order valence-electron chi connectivity index (χ4n) is 1.82. The van der Waals surface area contributed by atoms with Gasteiger partial charge in [-0.3, -0.25) is 0 Å². The van der Waals surface area contributed by atoms with Gasteiger partial charge >= 0.3 is 0 Å². The second-order valence-corrected chi connectivity index (χ2v) is 4.73. The van der Waals surface area contributed by atoms with Gasteiger partial charge in [0.15, 0.2) is 0 Å². The van der Waals surface area contributed by atoms with Crippen molar-refractivity contribution in [2.45, 2.75) is 36.0 Å². The monoisotopic (exact) mass is 222 g/mol. The van der Waals surface area contributed by atoms with E-state index in [9.17, 15) is 0 Å². The minimum absolute atomic E-state index is 0.889. The third-order valence-corrected chi connectivity index (χ3v) is 4.63. The van der Waals surface area contributed by atoms with Gasteiger partial charge in [-0.2, -0.15) is 0 Å². The SMILES string of the molecule is IC1CCCC12CC2. The zero-order valence-corrected chi connectivity index (χ0v) is 7.15. The molecule has 2 fully saturated rings. The van der Waals surface area contributed by atoms with Crippen molar-refractivity contribution in [2.24, 2.45) is 5.41 Å². The average molecular weight is 222 g/mol. The van der Waals surface area contributed by atoms with Gasteiger partial charge in [0.05, 0.1) is 0 Å². The summed E-state index contributed by atoms with van der Waals surface area (Å²) in [6, 6.07) is 0. The third-order valence-electron chi connectivity index (χ3n) is 2.69. The van der Waals surface area contributed by atoms with E-state index >= 15 is 0 Å². The summed E-state index contributed by atoms with van der Waals surface area (Å²) < 4.78 is 1.04. The summed E-state index contributed by atoms with van der Waals surface area (Å²) >= 11 is 2.64. The van der Waals surface area contributed by atoms with Crippen LogP contribution in [0, 0.1) is 5.41 Å². The molecule has 0 bridgehead atoms. The Morgan fingerprint density at radius 2 is 2.00 bits per heavy atom. The average Bonchev–Trinajstić information content (AvgIpc) is 2.39. The zero-order chi connectivity index (χ0) is 5.61. The number of hydrogen-bond acceptors (Lipinski definition) is 0. The highest BCUT2D eigenvalue weighted by molar-refractivity contribution is 14.1. The van der Waals surface area contributed by atoms with Crippen LogP contribution in [0.4, 0.5) is 0 Å². The molecule has 0 saturated heterocycles. The van der Waals surface area contributed by atoms with Crippen LogP contribution in [0.1, 0.15) is 32.1 Å². The molecule has 0 aromatic rings. The van der Waals surface area contributed by atoms with E-state index in [1.54, 1.807) is 19.3 Å². The lowest BCUT2D eigenvalue weighted by Crippen LogP contribution is -2.04. The highest BCUT2D eigenvalue weighted by Crippen LogP contribution is 2.60. The molecule has 46 valence electrons. The van der Waals surface area contributed by atoms with Crippen LogP contribution in [0.3, 0.4) is 0 Å². The molecule has 2 rings (SSSR count). The molecule has 0 radical (unpaired) electrons. The van der Waals surface area contributed by atoms with Crippen molar-refractivity contribution >= 4 is 22.6 Å². The van der Waals surface area contributed by atoms with Gasteiger partial charge in [0.1, 0.15) is 0 Å². The summed E-state index contributed by atoms with van der Waals surface area (Å²) in [5.74, 6) is 0. The van der Waals surface area contributed by atoms with Crippen molar-refractivity contribution in [1.82, 2.24) is 0 Å². The van der Waals surface area contributed by atoms with E-state index in [-0.39, 0.29) is 0 Å². The summed E-state index contributed by atoms with van der Waals surface area (Å²) in [4.78, 5) is 0. The van der Waals surface area contributed by atoms with Crippen LogP contribution in [0.25, 0.3) is 0 Å². The summed E-state index contributed by atoms with van der Waals surface area (Å²) in [6.07, 6.45) is 7.63. The number of rotatable bonds is 0. The molecule has 1 spiro atoms. The van der Waals surface area contributed by atoms with Gasteiger partial charge in [-0.25, -0.2) is 0 Å². The van der Waals surface area contributed by atoms with Crippen molar-refractivity contribution < 1.29 is 0 Å². The number of hydrogen-bond donors (Lipinski definition) is 0. The lowest BCUT2D eigenvalue weighted by atomic mass is 10.1. The Bertz CT molecular complexity index is 105. The summed E-state index contributed by atoms with van der Waals surface area (Å²) in [6.45, 7) is 0. The second kappa shape index (κ2) is 1.61. The molecule has 1 heteroatoms. The maximum absolute atomic E-state index is 2.64. The van der Waals surface area contributed by atoms with E-state index < -0.39 is 0 Å². The lowest BCUT2D eigenvalue weighted by Gasteiger charge is -2.08. The molecular formula is C7H11I. The fraction of sp³-hybridized carbons (Fsp3) is 1.00. The van der Waals surface area contributed by atoms with Gasteiger partial charge in [0, 0.05) is 3.92 Å². The number of alkyl halides is 1. The molecule has 0 aliphatic heterocycles. The van der Waals surface area contributed by atoms with Crippen molar-refractivity contribution in [2.75, 3.05) is 0 Å². The minimum atomic E-state index is 0.889. The van der Waals surface area contributed by atoms with Gasteiger partial charge in [-0.05, 0) is 31.1 Å². The highest BCUT2D eigenvalue weighted by Gasteiger charge is 2.50. The topological polar surface area (TPSA) is 0 Å². The smallest absolute Gasteiger partial charge is 0.0166 e.